The number of hydrogen-bond donors (Lipinski definition) is 1. The molecule has 1 aromatic heterocycles. The van der Waals surface area contributed by atoms with Gasteiger partial charge in [-0.1, -0.05) is 0 Å². The number of aryl methyl sites for hydroxylation is 1. The van der Waals surface area contributed by atoms with Gasteiger partial charge in [0, 0.05) is 0 Å². The van der Waals surface area contributed by atoms with Crippen molar-refractivity contribution in [1.29, 1.82) is 0 Å². The number of rotatable bonds is 1. The van der Waals surface area contributed by atoms with Crippen LogP contribution in [-0.2, 0) is 11.8 Å². The number of aliphatic hydroxyl groups is 1. The first-order valence-corrected chi connectivity index (χ1v) is 3.77. The summed E-state index contributed by atoms with van der Waals surface area (Å²) in [5, 5.41) is 20.9. The van der Waals surface area contributed by atoms with Crippen molar-refractivity contribution >= 4 is 0 Å². The molecule has 0 spiro atoms. The van der Waals surface area contributed by atoms with E-state index in [1.807, 2.05) is 0 Å². The van der Waals surface area contributed by atoms with Gasteiger partial charge in [0.2, 0.25) is 0 Å². The van der Waals surface area contributed by atoms with Gasteiger partial charge in [-0.2, -0.15) is 4.80 Å². The minimum Gasteiger partial charge on any atom is -0.390 e. The topological polar surface area (TPSA) is 73.1 Å². The van der Waals surface area contributed by atoms with E-state index in [2.05, 4.69) is 15.4 Å². The van der Waals surface area contributed by atoms with Crippen LogP contribution in [0.2, 0.25) is 0 Å². The largest absolute Gasteiger partial charge is 0.390 e. The maximum Gasteiger partial charge on any atom is 0.182 e. The van der Waals surface area contributed by atoms with Crippen molar-refractivity contribution in [2.24, 2.45) is 7.05 Å². The summed E-state index contributed by atoms with van der Waals surface area (Å²) < 4.78 is 5.07. The summed E-state index contributed by atoms with van der Waals surface area (Å²) in [6.07, 6.45) is -0.491. The van der Waals surface area contributed by atoms with Crippen molar-refractivity contribution < 1.29 is 9.84 Å². The molecule has 0 amide bonds. The molecule has 6 nitrogen and oxygen atoms in total. The molecule has 2 heterocycles. The van der Waals surface area contributed by atoms with Crippen LogP contribution in [0.1, 0.15) is 11.7 Å². The molecule has 0 unspecified atom stereocenters. The van der Waals surface area contributed by atoms with E-state index in [4.69, 9.17) is 4.74 Å². The quantitative estimate of drug-likeness (QED) is 0.566. The van der Waals surface area contributed by atoms with Gasteiger partial charge < -0.3 is 9.84 Å². The SMILES string of the molecule is Cn1nnc([C@@H]2COC[C@H]2O)n1. The highest BCUT2D eigenvalue weighted by Crippen LogP contribution is 2.21. The Hall–Kier alpha value is -1.01. The van der Waals surface area contributed by atoms with Gasteiger partial charge in [0.1, 0.15) is 0 Å². The van der Waals surface area contributed by atoms with Crippen LogP contribution in [0.3, 0.4) is 0 Å². The lowest BCUT2D eigenvalue weighted by Gasteiger charge is -2.05. The van der Waals surface area contributed by atoms with Crippen LogP contribution >= 0.6 is 0 Å². The third kappa shape index (κ3) is 1.19. The van der Waals surface area contributed by atoms with Crippen molar-refractivity contribution in [1.82, 2.24) is 20.2 Å². The summed E-state index contributed by atoms with van der Waals surface area (Å²) in [5.41, 5.74) is 0. The van der Waals surface area contributed by atoms with E-state index < -0.39 is 6.10 Å². The van der Waals surface area contributed by atoms with Crippen LogP contribution in [0.4, 0.5) is 0 Å². The number of hydrogen-bond acceptors (Lipinski definition) is 5. The average Bonchev–Trinajstić information content (AvgIpc) is 2.58. The highest BCUT2D eigenvalue weighted by Gasteiger charge is 2.31. The fourth-order valence-electron chi connectivity index (χ4n) is 1.24. The fourth-order valence-corrected chi connectivity index (χ4v) is 1.24. The molecule has 2 rings (SSSR count). The van der Waals surface area contributed by atoms with E-state index in [0.717, 1.165) is 0 Å². The molecule has 0 radical (unpaired) electrons. The van der Waals surface area contributed by atoms with Gasteiger partial charge in [-0.25, -0.2) is 0 Å². The summed E-state index contributed by atoms with van der Waals surface area (Å²) in [5.74, 6) is 0.446. The van der Waals surface area contributed by atoms with Crippen molar-refractivity contribution in [3.05, 3.63) is 5.82 Å². The molecule has 0 bridgehead atoms. The molecule has 1 aliphatic heterocycles. The molecule has 0 saturated carbocycles. The van der Waals surface area contributed by atoms with Crippen molar-refractivity contribution in [2.75, 3.05) is 13.2 Å². The number of nitrogens with zero attached hydrogens (tertiary/aromatic N) is 4. The molecule has 1 aromatic rings. The van der Waals surface area contributed by atoms with Crippen molar-refractivity contribution in [2.45, 2.75) is 12.0 Å². The van der Waals surface area contributed by atoms with Gasteiger partial charge in [-0.15, -0.1) is 10.2 Å². The molecule has 1 aliphatic rings. The second-order valence-electron chi connectivity index (χ2n) is 2.85. The Morgan fingerprint density at radius 3 is 2.92 bits per heavy atom. The lowest BCUT2D eigenvalue weighted by molar-refractivity contribution is 0.124. The molecule has 66 valence electrons. The number of aromatic nitrogens is 4. The first kappa shape index (κ1) is 7.63. The van der Waals surface area contributed by atoms with Gasteiger partial charge >= 0.3 is 0 Å². The van der Waals surface area contributed by atoms with Crippen LogP contribution in [0.5, 0.6) is 0 Å². The summed E-state index contributed by atoms with van der Waals surface area (Å²) in [4.78, 5) is 1.38. The lowest BCUT2D eigenvalue weighted by Crippen LogP contribution is -2.17. The van der Waals surface area contributed by atoms with Crippen LogP contribution in [0.25, 0.3) is 0 Å². The fraction of sp³-hybridized carbons (Fsp3) is 0.833. The Labute approximate surface area is 69.1 Å². The van der Waals surface area contributed by atoms with Crippen LogP contribution < -0.4 is 0 Å². The van der Waals surface area contributed by atoms with Crippen LogP contribution in [-0.4, -0.2) is 44.6 Å². The predicted molar refractivity (Wildman–Crippen MR) is 38.4 cm³/mol. The Balaban J connectivity index is 2.19. The predicted octanol–water partition coefficient (Wildman–Crippen LogP) is -1.32. The molecular weight excluding hydrogens is 160 g/mol. The summed E-state index contributed by atoms with van der Waals surface area (Å²) in [7, 11) is 1.69. The maximum atomic E-state index is 9.41. The molecule has 2 atom stereocenters. The first-order valence-electron chi connectivity index (χ1n) is 3.77. The molecule has 6 heteroatoms. The smallest absolute Gasteiger partial charge is 0.182 e. The molecule has 0 aliphatic carbocycles. The number of aliphatic hydroxyl groups excluding tert-OH is 1. The lowest BCUT2D eigenvalue weighted by atomic mass is 10.1. The molecular formula is C6H10N4O2. The second-order valence-corrected chi connectivity index (χ2v) is 2.85. The molecule has 1 saturated heterocycles. The summed E-state index contributed by atoms with van der Waals surface area (Å²) in [6, 6.07) is 0. The van der Waals surface area contributed by atoms with Crippen LogP contribution in [0, 0.1) is 0 Å². The van der Waals surface area contributed by atoms with Gasteiger partial charge in [-0.05, 0) is 5.21 Å². The minimum absolute atomic E-state index is 0.112. The minimum atomic E-state index is -0.491. The van der Waals surface area contributed by atoms with E-state index in [1.54, 1.807) is 7.05 Å². The highest BCUT2D eigenvalue weighted by atomic mass is 16.5. The monoisotopic (exact) mass is 170 g/mol. The number of tetrazole rings is 1. The van der Waals surface area contributed by atoms with Crippen LogP contribution in [0.15, 0.2) is 0 Å². The Morgan fingerprint density at radius 1 is 1.58 bits per heavy atom. The Bertz CT molecular complexity index is 274. The third-order valence-electron chi connectivity index (χ3n) is 1.91. The molecule has 12 heavy (non-hydrogen) atoms. The second kappa shape index (κ2) is 2.80. The Kier molecular flexibility index (Phi) is 1.78. The van der Waals surface area contributed by atoms with E-state index >= 15 is 0 Å². The summed E-state index contributed by atoms with van der Waals surface area (Å²) in [6.45, 7) is 0.843. The third-order valence-corrected chi connectivity index (χ3v) is 1.91. The molecule has 1 N–H and O–H groups in total. The first-order chi connectivity index (χ1) is 5.77. The zero-order chi connectivity index (χ0) is 8.55. The zero-order valence-electron chi connectivity index (χ0n) is 6.71. The Morgan fingerprint density at radius 2 is 2.42 bits per heavy atom. The summed E-state index contributed by atoms with van der Waals surface area (Å²) >= 11 is 0. The van der Waals surface area contributed by atoms with Gasteiger partial charge in [0.25, 0.3) is 0 Å². The van der Waals surface area contributed by atoms with E-state index in [-0.39, 0.29) is 5.92 Å². The molecule has 1 fully saturated rings. The average molecular weight is 170 g/mol. The normalized spacial score (nSPS) is 29.5. The van der Waals surface area contributed by atoms with Gasteiger partial charge in [0.05, 0.1) is 32.3 Å². The van der Waals surface area contributed by atoms with Crippen molar-refractivity contribution in [3.8, 4) is 0 Å². The number of ether oxygens (including phenoxy) is 1. The zero-order valence-corrected chi connectivity index (χ0v) is 6.71. The van der Waals surface area contributed by atoms with E-state index in [9.17, 15) is 5.11 Å². The highest BCUT2D eigenvalue weighted by molar-refractivity contribution is 4.98. The standard InChI is InChI=1S/C6H10N4O2/c1-10-8-6(7-9-10)4-2-12-3-5(4)11/h4-5,11H,2-3H2,1H3/t4-,5-/m1/s1. The van der Waals surface area contributed by atoms with E-state index in [1.165, 1.54) is 4.80 Å². The van der Waals surface area contributed by atoms with Gasteiger partial charge in [0.15, 0.2) is 5.82 Å². The maximum absolute atomic E-state index is 9.41. The van der Waals surface area contributed by atoms with Gasteiger partial charge in [-0.3, -0.25) is 0 Å². The van der Waals surface area contributed by atoms with E-state index in [0.29, 0.717) is 19.0 Å². The van der Waals surface area contributed by atoms with Crippen molar-refractivity contribution in [3.63, 3.8) is 0 Å². The molecule has 0 aromatic carbocycles.